The number of piperidine rings is 2. The fraction of sp³-hybridized carbons (Fsp3) is 0.606. The number of ketones is 2. The van der Waals surface area contributed by atoms with Crippen LogP contribution in [0.25, 0.3) is 21.8 Å². The summed E-state index contributed by atoms with van der Waals surface area (Å²) in [7, 11) is 2.90. The Morgan fingerprint density at radius 1 is 0.776 bits per heavy atom. The lowest BCUT2D eigenvalue weighted by molar-refractivity contribution is -0.178. The Morgan fingerprint density at radius 2 is 1.38 bits per heavy atom. The van der Waals surface area contributed by atoms with E-state index in [1.54, 1.807) is 32.9 Å². The summed E-state index contributed by atoms with van der Waals surface area (Å²) >= 11 is 0. The van der Waals surface area contributed by atoms with Crippen LogP contribution in [0.3, 0.4) is 0 Å². The highest BCUT2D eigenvalue weighted by Crippen LogP contribution is 2.67. The van der Waals surface area contributed by atoms with Crippen molar-refractivity contribution in [1.82, 2.24) is 14.5 Å². The van der Waals surface area contributed by atoms with Gasteiger partial charge in [-0.15, -0.1) is 0 Å². The lowest BCUT2D eigenvalue weighted by Crippen LogP contribution is -2.61. The minimum absolute atomic E-state index is 0.0240. The summed E-state index contributed by atoms with van der Waals surface area (Å²) in [5.74, 6) is -4.05. The molecule has 5 heterocycles. The molecule has 2 aromatic carbocycles. The number of nitrogens with one attached hydrogen (secondary N) is 1. The summed E-state index contributed by atoms with van der Waals surface area (Å²) in [5, 5.41) is 28.0. The first-order chi connectivity index (χ1) is 40.5. The van der Waals surface area contributed by atoms with Crippen LogP contribution in [0.4, 0.5) is 20.2 Å². The average Bonchev–Trinajstić information content (AvgIpc) is 1.73. The van der Waals surface area contributed by atoms with Gasteiger partial charge in [0.2, 0.25) is 16.6 Å². The zero-order valence-corrected chi connectivity index (χ0v) is 50.3. The number of hydrogen-bond donors (Lipinski definition) is 3. The van der Waals surface area contributed by atoms with Crippen molar-refractivity contribution in [3.8, 4) is 11.5 Å². The van der Waals surface area contributed by atoms with Gasteiger partial charge in [0, 0.05) is 95.9 Å². The quantitative estimate of drug-likeness (QED) is 0.114. The Balaban J connectivity index is 0.754. The number of Topliss-reactive ketones (excluding diaryl/α,β-unsaturated/α-hetero) is 1. The molecule has 3 N–H and O–H groups in total. The topological polar surface area (TPSA) is 208 Å². The molecule has 0 amide bonds. The third-order valence-electron chi connectivity index (χ3n) is 22.4. The van der Waals surface area contributed by atoms with Crippen LogP contribution in [0.15, 0.2) is 33.4 Å². The number of ether oxygens (including phenoxy) is 4. The number of carbonyl (C=O) groups excluding carboxylic acids is 4. The maximum Gasteiger partial charge on any atom is 0.344 e. The fourth-order valence-electron chi connectivity index (χ4n) is 17.8. The maximum absolute atomic E-state index is 17.4. The van der Waals surface area contributed by atoms with E-state index in [9.17, 15) is 39.0 Å². The SMILES string of the molecule is COc1c(N2CCC(OC(=O)c3c(C)n(C4CC4)c4c(OC)c(N5CC6CCCNC6C5)c(F)c(C)c4c3=O)C(C)C2)c(F)c(C)c2c(=O)c(C(=O)OCC(=O)[C@@]3(O)CC[C@H]4[C@@H]5CCC6=CC(=O)C=C[C@]6(C)[C@H]5[C@@H](O)C[C@@]43C)c(C)n(C3CC3)c12. The van der Waals surface area contributed by atoms with Crippen molar-refractivity contribution < 1.29 is 57.1 Å². The van der Waals surface area contributed by atoms with Crippen molar-refractivity contribution in [3.05, 3.63) is 89.5 Å². The molecule has 8 fully saturated rings. The third-order valence-corrected chi connectivity index (χ3v) is 22.4. The number of aliphatic hydroxyl groups is 2. The number of aromatic nitrogens is 2. The number of halogens is 2. The number of anilines is 2. The molecule has 85 heavy (non-hydrogen) atoms. The van der Waals surface area contributed by atoms with Crippen molar-refractivity contribution in [1.29, 1.82) is 0 Å². The van der Waals surface area contributed by atoms with Crippen molar-refractivity contribution >= 4 is 56.7 Å². The number of methoxy groups -OCH3 is 2. The van der Waals surface area contributed by atoms with Gasteiger partial charge >= 0.3 is 11.9 Å². The highest BCUT2D eigenvalue weighted by Gasteiger charge is 2.68. The first-order valence-electron chi connectivity index (χ1n) is 30.9. The van der Waals surface area contributed by atoms with Crippen LogP contribution in [0.2, 0.25) is 0 Å². The Hall–Kier alpha value is -6.44. The van der Waals surface area contributed by atoms with E-state index in [1.165, 1.54) is 21.1 Å². The molecule has 0 bridgehead atoms. The molecule has 6 aliphatic carbocycles. The van der Waals surface area contributed by atoms with Crippen molar-refractivity contribution in [2.45, 2.75) is 161 Å². The summed E-state index contributed by atoms with van der Waals surface area (Å²) in [5.41, 5.74) is -2.46. The van der Waals surface area contributed by atoms with Crippen molar-refractivity contribution in [2.75, 3.05) is 63.4 Å². The van der Waals surface area contributed by atoms with Gasteiger partial charge in [-0.25, -0.2) is 18.4 Å². The van der Waals surface area contributed by atoms with Crippen LogP contribution < -0.4 is 35.4 Å². The molecule has 4 aromatic rings. The predicted molar refractivity (Wildman–Crippen MR) is 315 cm³/mol. The number of aryl methyl sites for hydroxylation is 2. The molecule has 0 radical (unpaired) electrons. The van der Waals surface area contributed by atoms with Crippen LogP contribution in [-0.2, 0) is 19.1 Å². The first kappa shape index (κ1) is 57.6. The van der Waals surface area contributed by atoms with E-state index in [4.69, 9.17) is 18.9 Å². The van der Waals surface area contributed by atoms with Crippen LogP contribution >= 0.6 is 0 Å². The normalized spacial score (nSPS) is 31.5. The molecule has 13 rings (SSSR count). The van der Waals surface area contributed by atoms with E-state index in [-0.39, 0.29) is 130 Å². The lowest BCUT2D eigenvalue weighted by Gasteiger charge is -2.59. The molecule has 0 spiro atoms. The van der Waals surface area contributed by atoms with Crippen LogP contribution in [0, 0.1) is 79.7 Å². The largest absolute Gasteiger partial charge is 0.492 e. The van der Waals surface area contributed by atoms with Gasteiger partial charge in [0.15, 0.2) is 35.5 Å². The standard InChI is InChI=1S/C66H79F2N5O12/c1-31-27-70(24-20-45(31)85-63(80)50-35(5)73(39-15-16-39)55-48(59(50)78)33(3)53(68)57(61(55)83-9)71-28-36-11-10-23-69-43(36)29-71)56-52(67)32(2)47-54(60(56)82-8)72(38-13-14-38)34(4)49(58(47)77)62(79)84-30-46(76)66(81)22-19-42-41-17-12-37-25-40(74)18-21-64(37,6)51(41)44(75)26-65(42,66)7/h18,21,25,31,36,38-39,41-45,51,69,75,81H,10-17,19-20,22-24,26-30H2,1-9H3/t31?,36?,41-,42-,43?,44-,45?,51+,64-,65-,66-/m0/s1. The highest BCUT2D eigenvalue weighted by atomic mass is 19.1. The van der Waals surface area contributed by atoms with Gasteiger partial charge in [-0.3, -0.25) is 19.2 Å². The zero-order valence-electron chi connectivity index (χ0n) is 50.3. The second-order valence-electron chi connectivity index (χ2n) is 27.0. The average molecular weight is 1170 g/mol. The number of hydrogen-bond acceptors (Lipinski definition) is 15. The van der Waals surface area contributed by atoms with Crippen LogP contribution in [0.1, 0.15) is 153 Å². The fourth-order valence-corrected chi connectivity index (χ4v) is 17.8. The van der Waals surface area contributed by atoms with Gasteiger partial charge in [0.1, 0.15) is 34.2 Å². The summed E-state index contributed by atoms with van der Waals surface area (Å²) in [6.07, 6.45) is 11.0. The van der Waals surface area contributed by atoms with Gasteiger partial charge in [0.25, 0.3) is 0 Å². The highest BCUT2D eigenvalue weighted by molar-refractivity contribution is 6.03. The summed E-state index contributed by atoms with van der Waals surface area (Å²) in [6.45, 7) is 13.9. The second-order valence-corrected chi connectivity index (χ2v) is 27.0. The van der Waals surface area contributed by atoms with Gasteiger partial charge in [-0.1, -0.05) is 32.4 Å². The number of aliphatic hydroxyl groups excluding tert-OH is 1. The Kier molecular flexibility index (Phi) is 14.0. The third kappa shape index (κ3) is 8.55. The van der Waals surface area contributed by atoms with Gasteiger partial charge < -0.3 is 53.4 Å². The van der Waals surface area contributed by atoms with Crippen LogP contribution in [-0.4, -0.2) is 120 Å². The minimum Gasteiger partial charge on any atom is -0.492 e. The number of fused-ring (bicyclic) bond motifs is 8. The monoisotopic (exact) mass is 1170 g/mol. The second kappa shape index (κ2) is 20.6. The molecule has 5 saturated carbocycles. The molecule has 11 atom stereocenters. The number of carbonyl (C=O) groups is 4. The molecular weight excluding hydrogens is 1090 g/mol. The number of pyridine rings is 2. The van der Waals surface area contributed by atoms with E-state index in [2.05, 4.69) is 12.2 Å². The predicted octanol–water partition coefficient (Wildman–Crippen LogP) is 8.51. The Bertz CT molecular complexity index is 3750. The molecule has 3 aliphatic heterocycles. The van der Waals surface area contributed by atoms with Crippen LogP contribution in [0.5, 0.6) is 11.5 Å². The van der Waals surface area contributed by atoms with Gasteiger partial charge in [-0.05, 0) is 135 Å². The molecule has 9 aliphatic rings. The number of esters is 2. The zero-order chi connectivity index (χ0) is 60.2. The number of allylic oxidation sites excluding steroid dienone is 4. The minimum atomic E-state index is -1.94. The first-order valence-corrected chi connectivity index (χ1v) is 30.9. The Labute approximate surface area is 492 Å². The lowest BCUT2D eigenvalue weighted by atomic mass is 9.46. The van der Waals surface area contributed by atoms with Gasteiger partial charge in [0.05, 0.1) is 42.1 Å². The number of nitrogens with zero attached hydrogens (tertiary/aromatic N) is 4. The number of benzene rings is 2. The van der Waals surface area contributed by atoms with E-state index in [0.717, 1.165) is 37.8 Å². The van der Waals surface area contributed by atoms with Gasteiger partial charge in [-0.2, -0.15) is 0 Å². The van der Waals surface area contributed by atoms with E-state index in [1.807, 2.05) is 38.9 Å². The smallest absolute Gasteiger partial charge is 0.344 e. The summed E-state index contributed by atoms with van der Waals surface area (Å²) in [4.78, 5) is 89.2. The summed E-state index contributed by atoms with van der Waals surface area (Å²) in [6, 6.07) is 0.0107. The molecule has 19 heteroatoms. The molecule has 2 aromatic heterocycles. The molecule has 3 saturated heterocycles. The number of rotatable bonds is 12. The molecule has 454 valence electrons. The van der Waals surface area contributed by atoms with E-state index in [0.29, 0.717) is 73.5 Å². The summed E-state index contributed by atoms with van der Waals surface area (Å²) < 4.78 is 62.4. The van der Waals surface area contributed by atoms with E-state index < -0.39 is 81.4 Å². The Morgan fingerprint density at radius 3 is 1.95 bits per heavy atom. The van der Waals surface area contributed by atoms with E-state index >= 15 is 8.78 Å². The van der Waals surface area contributed by atoms with Crippen molar-refractivity contribution in [3.63, 3.8) is 0 Å². The van der Waals surface area contributed by atoms with Crippen molar-refractivity contribution in [2.24, 2.45) is 40.4 Å². The molecule has 17 nitrogen and oxygen atoms in total. The maximum atomic E-state index is 17.4. The molecule has 4 unspecified atom stereocenters. The molecular formula is C66H79F2N5O12.